The quantitative estimate of drug-likeness (QED) is 0.180. The van der Waals surface area contributed by atoms with Gasteiger partial charge < -0.3 is 0 Å². The molecule has 0 aliphatic carbocycles. The Morgan fingerprint density at radius 3 is 0.953 bits per heavy atom. The lowest BCUT2D eigenvalue weighted by Crippen LogP contribution is -2.29. The fraction of sp³-hybridized carbons (Fsp3) is 0.0526. The predicted molar refractivity (Wildman–Crippen MR) is 185 cm³/mol. The highest BCUT2D eigenvalue weighted by Gasteiger charge is 2.32. The van der Waals surface area contributed by atoms with Crippen LogP contribution in [-0.4, -0.2) is 8.42 Å². The van der Waals surface area contributed by atoms with Crippen LogP contribution in [0.15, 0.2) is 168 Å². The zero-order valence-corrected chi connectivity index (χ0v) is 26.7. The van der Waals surface area contributed by atoms with Crippen molar-refractivity contribution in [3.63, 3.8) is 0 Å². The zero-order chi connectivity index (χ0) is 29.8. The molecule has 43 heavy (non-hydrogen) atoms. The molecule has 6 aromatic carbocycles. The van der Waals surface area contributed by atoms with E-state index in [2.05, 4.69) is 60.7 Å². The standard InChI is InChI=1S/C38H32O2P2S/c1-29-23-25-37(35(27-29)41(31-15-7-3-8-16-31)32-17-9-4-10-18-32)43(39,40)38-26-24-30(2)28-36(38)42(33-19-11-5-12-20-33)34-21-13-6-14-22-34/h3-28H,1-2H3. The lowest BCUT2D eigenvalue weighted by atomic mass is 10.2. The average molecular weight is 615 g/mol. The minimum Gasteiger partial charge on any atom is -0.218 e. The van der Waals surface area contributed by atoms with Crippen LogP contribution in [0, 0.1) is 13.8 Å². The molecule has 0 saturated heterocycles. The molecule has 0 aliphatic heterocycles. The van der Waals surface area contributed by atoms with Gasteiger partial charge in [-0.1, -0.05) is 145 Å². The van der Waals surface area contributed by atoms with Crippen LogP contribution in [0.1, 0.15) is 11.1 Å². The molecular weight excluding hydrogens is 582 g/mol. The van der Waals surface area contributed by atoms with E-state index in [1.54, 1.807) is 0 Å². The van der Waals surface area contributed by atoms with E-state index < -0.39 is 25.7 Å². The zero-order valence-electron chi connectivity index (χ0n) is 24.1. The van der Waals surface area contributed by atoms with Crippen LogP contribution < -0.4 is 31.8 Å². The minimum atomic E-state index is -3.92. The van der Waals surface area contributed by atoms with E-state index in [1.807, 2.05) is 111 Å². The Kier molecular flexibility index (Phi) is 8.68. The molecule has 2 nitrogen and oxygen atoms in total. The monoisotopic (exact) mass is 614 g/mol. The maximum Gasteiger partial charge on any atom is 0.207 e. The molecule has 212 valence electrons. The van der Waals surface area contributed by atoms with Gasteiger partial charge >= 0.3 is 0 Å². The van der Waals surface area contributed by atoms with E-state index in [0.717, 1.165) is 43.0 Å². The molecule has 0 amide bonds. The van der Waals surface area contributed by atoms with Gasteiger partial charge in [0, 0.05) is 10.6 Å². The third kappa shape index (κ3) is 6.13. The van der Waals surface area contributed by atoms with Crippen LogP contribution in [0.3, 0.4) is 0 Å². The highest BCUT2D eigenvalue weighted by Crippen LogP contribution is 2.40. The summed E-state index contributed by atoms with van der Waals surface area (Å²) in [5, 5.41) is 6.16. The first-order valence-electron chi connectivity index (χ1n) is 14.2. The van der Waals surface area contributed by atoms with Crippen molar-refractivity contribution in [2.24, 2.45) is 0 Å². The Morgan fingerprint density at radius 1 is 0.395 bits per heavy atom. The summed E-state index contributed by atoms with van der Waals surface area (Å²) >= 11 is 0. The van der Waals surface area contributed by atoms with Crippen LogP contribution in [-0.2, 0) is 9.84 Å². The number of rotatable bonds is 8. The lowest BCUT2D eigenvalue weighted by molar-refractivity contribution is 0.597. The summed E-state index contributed by atoms with van der Waals surface area (Å²) in [6, 6.07) is 52.8. The molecule has 0 spiro atoms. The van der Waals surface area contributed by atoms with Crippen LogP contribution in [0.5, 0.6) is 0 Å². The number of benzene rings is 6. The third-order valence-electron chi connectivity index (χ3n) is 7.35. The van der Waals surface area contributed by atoms with Gasteiger partial charge in [0.15, 0.2) is 0 Å². The van der Waals surface area contributed by atoms with E-state index in [-0.39, 0.29) is 0 Å². The first-order valence-corrected chi connectivity index (χ1v) is 18.4. The Balaban J connectivity index is 1.60. The number of hydrogen-bond acceptors (Lipinski definition) is 2. The van der Waals surface area contributed by atoms with Gasteiger partial charge in [-0.2, -0.15) is 0 Å². The molecule has 0 N–H and O–H groups in total. The van der Waals surface area contributed by atoms with Crippen LogP contribution in [0.2, 0.25) is 0 Å². The Labute approximate surface area is 257 Å². The summed E-state index contributed by atoms with van der Waals surface area (Å²) in [7, 11) is -6.18. The van der Waals surface area contributed by atoms with Crippen molar-refractivity contribution in [2.45, 2.75) is 23.6 Å². The summed E-state index contributed by atoms with van der Waals surface area (Å²) in [4.78, 5) is 0.746. The molecule has 0 unspecified atom stereocenters. The van der Waals surface area contributed by atoms with Crippen LogP contribution in [0.4, 0.5) is 0 Å². The fourth-order valence-electron chi connectivity index (χ4n) is 5.34. The summed E-state index contributed by atoms with van der Waals surface area (Å²) in [6.45, 7) is 4.07. The Morgan fingerprint density at radius 2 is 0.674 bits per heavy atom. The van der Waals surface area contributed by atoms with Gasteiger partial charge in [0.05, 0.1) is 9.79 Å². The molecule has 0 bridgehead atoms. The van der Waals surface area contributed by atoms with Crippen molar-refractivity contribution in [3.8, 4) is 0 Å². The average Bonchev–Trinajstić information content (AvgIpc) is 3.03. The Hall–Kier alpha value is -3.87. The van der Waals surface area contributed by atoms with Crippen molar-refractivity contribution >= 4 is 57.5 Å². The smallest absolute Gasteiger partial charge is 0.207 e. The normalized spacial score (nSPS) is 11.6. The Bertz CT molecular complexity index is 1730. The van der Waals surface area contributed by atoms with Crippen molar-refractivity contribution in [3.05, 3.63) is 169 Å². The van der Waals surface area contributed by atoms with Crippen molar-refractivity contribution in [1.82, 2.24) is 0 Å². The topological polar surface area (TPSA) is 34.1 Å². The summed E-state index contributed by atoms with van der Waals surface area (Å²) in [6.07, 6.45) is 0. The molecule has 5 heteroatoms. The lowest BCUT2D eigenvalue weighted by Gasteiger charge is -2.25. The first-order chi connectivity index (χ1) is 20.9. The SMILES string of the molecule is Cc1ccc(S(=O)(=O)c2ccc(C)cc2P(c2ccccc2)c2ccccc2)c(P(c2ccccc2)c2ccccc2)c1. The second-order valence-corrected chi connectivity index (χ2v) is 16.7. The molecule has 0 fully saturated rings. The number of hydrogen-bond donors (Lipinski definition) is 0. The van der Waals surface area contributed by atoms with Gasteiger partial charge in [-0.3, -0.25) is 0 Å². The molecule has 0 heterocycles. The summed E-state index contributed by atoms with van der Waals surface area (Å²) in [5.41, 5.74) is 2.07. The summed E-state index contributed by atoms with van der Waals surface area (Å²) in [5.74, 6) is 0. The molecule has 0 atom stereocenters. The molecule has 0 aliphatic rings. The van der Waals surface area contributed by atoms with E-state index in [0.29, 0.717) is 9.79 Å². The van der Waals surface area contributed by atoms with E-state index in [4.69, 9.17) is 0 Å². The van der Waals surface area contributed by atoms with Gasteiger partial charge in [0.2, 0.25) is 9.84 Å². The molecule has 6 rings (SSSR count). The molecule has 0 saturated carbocycles. The van der Waals surface area contributed by atoms with Crippen LogP contribution >= 0.6 is 15.8 Å². The molecule has 0 aromatic heterocycles. The van der Waals surface area contributed by atoms with Crippen molar-refractivity contribution < 1.29 is 8.42 Å². The van der Waals surface area contributed by atoms with Crippen molar-refractivity contribution in [1.29, 1.82) is 0 Å². The second-order valence-electron chi connectivity index (χ2n) is 10.5. The van der Waals surface area contributed by atoms with Crippen molar-refractivity contribution in [2.75, 3.05) is 0 Å². The first kappa shape index (κ1) is 29.2. The second kappa shape index (κ2) is 12.8. The minimum absolute atomic E-state index is 0.373. The van der Waals surface area contributed by atoms with Gasteiger partial charge in [-0.15, -0.1) is 0 Å². The third-order valence-corrected chi connectivity index (χ3v) is 14.5. The van der Waals surface area contributed by atoms with Crippen LogP contribution in [0.25, 0.3) is 0 Å². The maximum absolute atomic E-state index is 15.1. The maximum atomic E-state index is 15.1. The van der Waals surface area contributed by atoms with Gasteiger partial charge in [-0.25, -0.2) is 8.42 Å². The van der Waals surface area contributed by atoms with Gasteiger partial charge in [0.1, 0.15) is 0 Å². The van der Waals surface area contributed by atoms with Gasteiger partial charge in [0.25, 0.3) is 0 Å². The largest absolute Gasteiger partial charge is 0.218 e. The molecule has 0 radical (unpaired) electrons. The summed E-state index contributed by atoms with van der Waals surface area (Å²) < 4.78 is 30.1. The highest BCUT2D eigenvalue weighted by atomic mass is 32.2. The van der Waals surface area contributed by atoms with Gasteiger partial charge in [-0.05, 0) is 75.2 Å². The predicted octanol–water partition coefficient (Wildman–Crippen LogP) is 6.65. The fourth-order valence-corrected chi connectivity index (χ4v) is 12.9. The number of aryl methyl sites for hydroxylation is 2. The van der Waals surface area contributed by atoms with E-state index in [1.165, 1.54) is 0 Å². The number of sulfone groups is 1. The highest BCUT2D eigenvalue weighted by molar-refractivity contribution is 7.94. The van der Waals surface area contributed by atoms with E-state index in [9.17, 15) is 0 Å². The van der Waals surface area contributed by atoms with E-state index >= 15 is 8.42 Å². The molecular formula is C38H32O2P2S. The molecule has 6 aromatic rings.